The van der Waals surface area contributed by atoms with Crippen LogP contribution in [-0.4, -0.2) is 20.4 Å². The van der Waals surface area contributed by atoms with Crippen LogP contribution in [0.2, 0.25) is 0 Å². The number of benzene rings is 2. The van der Waals surface area contributed by atoms with Crippen molar-refractivity contribution < 1.29 is 13.2 Å². The maximum atomic E-state index is 12.8. The molecule has 1 aliphatic carbocycles. The molecule has 1 aliphatic rings. The van der Waals surface area contributed by atoms with E-state index < -0.39 is 16.1 Å². The molecule has 0 bridgehead atoms. The quantitative estimate of drug-likeness (QED) is 0.765. The molecule has 0 spiro atoms. The van der Waals surface area contributed by atoms with Crippen LogP contribution in [0.3, 0.4) is 0 Å². The Morgan fingerprint density at radius 1 is 1.04 bits per heavy atom. The number of rotatable bonds is 7. The van der Waals surface area contributed by atoms with Crippen LogP contribution in [0.5, 0.6) is 0 Å². The van der Waals surface area contributed by atoms with Crippen LogP contribution >= 0.6 is 0 Å². The average molecular weight is 387 g/mol. The van der Waals surface area contributed by atoms with E-state index in [0.29, 0.717) is 0 Å². The molecule has 2 aromatic carbocycles. The van der Waals surface area contributed by atoms with Crippen LogP contribution in [0.1, 0.15) is 49.3 Å². The normalized spacial score (nSPS) is 16.2. The summed E-state index contributed by atoms with van der Waals surface area (Å²) in [4.78, 5) is 12.7. The smallest absolute Gasteiger partial charge is 0.241 e. The first kappa shape index (κ1) is 19.6. The predicted octanol–water partition coefficient (Wildman–Crippen LogP) is 3.46. The first-order valence-corrected chi connectivity index (χ1v) is 10.9. The maximum absolute atomic E-state index is 12.8. The summed E-state index contributed by atoms with van der Waals surface area (Å²) < 4.78 is 28.3. The molecule has 0 saturated heterocycles. The van der Waals surface area contributed by atoms with E-state index in [1.165, 1.54) is 0 Å². The Morgan fingerprint density at radius 2 is 1.67 bits per heavy atom. The van der Waals surface area contributed by atoms with Gasteiger partial charge in [0.15, 0.2) is 0 Å². The molecule has 1 amide bonds. The summed E-state index contributed by atoms with van der Waals surface area (Å²) in [6.45, 7) is 1.91. The highest BCUT2D eigenvalue weighted by Gasteiger charge is 2.25. The third-order valence-corrected chi connectivity index (χ3v) is 6.43. The monoisotopic (exact) mass is 386 g/mol. The van der Waals surface area contributed by atoms with E-state index in [0.717, 1.165) is 36.8 Å². The second-order valence-electron chi connectivity index (χ2n) is 7.15. The van der Waals surface area contributed by atoms with Crippen LogP contribution in [0.15, 0.2) is 59.5 Å². The lowest BCUT2D eigenvalue weighted by molar-refractivity contribution is -0.122. The molecule has 3 rings (SSSR count). The molecular weight excluding hydrogens is 360 g/mol. The summed E-state index contributed by atoms with van der Waals surface area (Å²) in [5.74, 6) is -0.123. The molecule has 0 aromatic heterocycles. The molecule has 2 aromatic rings. The number of carbonyl (C=O) groups excluding carboxylic acids is 1. The minimum Gasteiger partial charge on any atom is -0.353 e. The zero-order chi connectivity index (χ0) is 19.3. The van der Waals surface area contributed by atoms with Gasteiger partial charge in [-0.3, -0.25) is 4.79 Å². The number of nitrogens with one attached hydrogen (secondary N) is 2. The van der Waals surface area contributed by atoms with Gasteiger partial charge in [0.1, 0.15) is 0 Å². The number of hydrogen-bond donors (Lipinski definition) is 2. The van der Waals surface area contributed by atoms with Crippen molar-refractivity contribution in [2.24, 2.45) is 0 Å². The fourth-order valence-corrected chi connectivity index (χ4v) is 4.65. The minimum absolute atomic E-state index is 0.0750. The van der Waals surface area contributed by atoms with Crippen LogP contribution < -0.4 is 10.0 Å². The van der Waals surface area contributed by atoms with Gasteiger partial charge in [-0.1, -0.05) is 60.9 Å². The number of aryl methyl sites for hydroxylation is 1. The highest BCUT2D eigenvalue weighted by Crippen LogP contribution is 2.22. The first-order valence-electron chi connectivity index (χ1n) is 9.37. The van der Waals surface area contributed by atoms with E-state index in [1.54, 1.807) is 24.3 Å². The SMILES string of the molecule is Cc1ccc(S(=O)(=O)N[C@@H](CC(=O)NC2CCCC2)c2ccccc2)cc1. The molecule has 0 heterocycles. The Morgan fingerprint density at radius 3 is 2.30 bits per heavy atom. The first-order chi connectivity index (χ1) is 12.9. The Bertz CT molecular complexity index is 858. The molecule has 27 heavy (non-hydrogen) atoms. The molecule has 5 nitrogen and oxygen atoms in total. The van der Waals surface area contributed by atoms with E-state index in [4.69, 9.17) is 0 Å². The van der Waals surface area contributed by atoms with Crippen molar-refractivity contribution in [1.82, 2.24) is 10.0 Å². The van der Waals surface area contributed by atoms with Gasteiger partial charge in [0.25, 0.3) is 0 Å². The van der Waals surface area contributed by atoms with Crippen LogP contribution in [-0.2, 0) is 14.8 Å². The molecule has 144 valence electrons. The van der Waals surface area contributed by atoms with Crippen molar-refractivity contribution in [1.29, 1.82) is 0 Å². The lowest BCUT2D eigenvalue weighted by atomic mass is 10.0. The van der Waals surface area contributed by atoms with Crippen molar-refractivity contribution in [2.45, 2.75) is 56.0 Å². The van der Waals surface area contributed by atoms with Gasteiger partial charge in [-0.15, -0.1) is 0 Å². The molecule has 0 radical (unpaired) electrons. The van der Waals surface area contributed by atoms with Crippen molar-refractivity contribution in [2.75, 3.05) is 0 Å². The van der Waals surface area contributed by atoms with Gasteiger partial charge in [-0.2, -0.15) is 0 Å². The zero-order valence-corrected chi connectivity index (χ0v) is 16.3. The molecule has 0 unspecified atom stereocenters. The average Bonchev–Trinajstić information content (AvgIpc) is 3.15. The number of carbonyl (C=O) groups is 1. The summed E-state index contributed by atoms with van der Waals surface area (Å²) in [5, 5.41) is 3.04. The lowest BCUT2D eigenvalue weighted by Gasteiger charge is -2.20. The van der Waals surface area contributed by atoms with Gasteiger partial charge in [-0.25, -0.2) is 13.1 Å². The molecular formula is C21H26N2O3S. The van der Waals surface area contributed by atoms with Gasteiger partial charge in [0.05, 0.1) is 10.9 Å². The van der Waals surface area contributed by atoms with E-state index >= 15 is 0 Å². The molecule has 2 N–H and O–H groups in total. The molecule has 6 heteroatoms. The van der Waals surface area contributed by atoms with Gasteiger partial charge in [-0.05, 0) is 37.5 Å². The van der Waals surface area contributed by atoms with Crippen molar-refractivity contribution in [3.8, 4) is 0 Å². The van der Waals surface area contributed by atoms with E-state index in [2.05, 4.69) is 10.0 Å². The zero-order valence-electron chi connectivity index (χ0n) is 15.5. The maximum Gasteiger partial charge on any atom is 0.241 e. The van der Waals surface area contributed by atoms with Gasteiger partial charge in [0.2, 0.25) is 15.9 Å². The Labute approximate surface area is 161 Å². The summed E-state index contributed by atoms with van der Waals surface area (Å²) in [7, 11) is -3.73. The van der Waals surface area contributed by atoms with Crippen LogP contribution in [0, 0.1) is 6.92 Å². The number of amides is 1. The summed E-state index contributed by atoms with van der Waals surface area (Å²) in [6, 6.07) is 15.5. The Kier molecular flexibility index (Phi) is 6.29. The third-order valence-electron chi connectivity index (χ3n) is 4.94. The molecule has 1 saturated carbocycles. The molecule has 1 fully saturated rings. The van der Waals surface area contributed by atoms with Crippen molar-refractivity contribution in [3.63, 3.8) is 0 Å². The summed E-state index contributed by atoms with van der Waals surface area (Å²) in [6.07, 6.45) is 4.33. The number of hydrogen-bond acceptors (Lipinski definition) is 3. The van der Waals surface area contributed by atoms with Gasteiger partial charge < -0.3 is 5.32 Å². The fourth-order valence-electron chi connectivity index (χ4n) is 3.43. The minimum atomic E-state index is -3.73. The highest BCUT2D eigenvalue weighted by atomic mass is 32.2. The van der Waals surface area contributed by atoms with Gasteiger partial charge >= 0.3 is 0 Å². The largest absolute Gasteiger partial charge is 0.353 e. The summed E-state index contributed by atoms with van der Waals surface area (Å²) in [5.41, 5.74) is 1.76. The van der Waals surface area contributed by atoms with Crippen LogP contribution in [0.25, 0.3) is 0 Å². The standard InChI is InChI=1S/C21H26N2O3S/c1-16-11-13-19(14-12-16)27(25,26)23-20(17-7-3-2-4-8-17)15-21(24)22-18-9-5-6-10-18/h2-4,7-8,11-14,18,20,23H,5-6,9-10,15H2,1H3,(H,22,24)/t20-/m0/s1. The number of sulfonamides is 1. The molecule has 1 atom stereocenters. The third kappa shape index (κ3) is 5.40. The van der Waals surface area contributed by atoms with E-state index in [9.17, 15) is 13.2 Å². The lowest BCUT2D eigenvalue weighted by Crippen LogP contribution is -2.37. The second kappa shape index (κ2) is 8.67. The van der Waals surface area contributed by atoms with Crippen molar-refractivity contribution >= 4 is 15.9 Å². The van der Waals surface area contributed by atoms with Crippen molar-refractivity contribution in [3.05, 3.63) is 65.7 Å². The molecule has 0 aliphatic heterocycles. The predicted molar refractivity (Wildman–Crippen MR) is 106 cm³/mol. The summed E-state index contributed by atoms with van der Waals surface area (Å²) >= 11 is 0. The van der Waals surface area contributed by atoms with E-state index in [-0.39, 0.29) is 23.3 Å². The van der Waals surface area contributed by atoms with E-state index in [1.807, 2.05) is 37.3 Å². The van der Waals surface area contributed by atoms with Crippen LogP contribution in [0.4, 0.5) is 0 Å². The highest BCUT2D eigenvalue weighted by molar-refractivity contribution is 7.89. The topological polar surface area (TPSA) is 75.3 Å². The van der Waals surface area contributed by atoms with Gasteiger partial charge in [0, 0.05) is 12.5 Å². The Hall–Kier alpha value is -2.18. The fraction of sp³-hybridized carbons (Fsp3) is 0.381. The Balaban J connectivity index is 1.77. The second-order valence-corrected chi connectivity index (χ2v) is 8.86.